The Hall–Kier alpha value is -2.82. The summed E-state index contributed by atoms with van der Waals surface area (Å²) in [4.78, 5) is 31.4. The second-order valence-electron chi connectivity index (χ2n) is 10.9. The van der Waals surface area contributed by atoms with Crippen molar-refractivity contribution >= 4 is 17.6 Å². The summed E-state index contributed by atoms with van der Waals surface area (Å²) in [7, 11) is 1.54. The molecule has 3 heterocycles. The largest absolute Gasteiger partial charge is 0.469 e. The second-order valence-corrected chi connectivity index (χ2v) is 10.9. The van der Waals surface area contributed by atoms with Gasteiger partial charge in [0.15, 0.2) is 0 Å². The molecule has 5 heteroatoms. The fraction of sp³-hybridized carbons (Fsp3) is 0.500. The third-order valence-corrected chi connectivity index (χ3v) is 10.1. The zero-order valence-electron chi connectivity index (χ0n) is 19.1. The molecule has 0 N–H and O–H groups in total. The number of nitrogens with zero attached hydrogens (tertiary/aromatic N) is 2. The molecule has 1 amide bonds. The molecule has 5 nitrogen and oxygen atoms in total. The monoisotopic (exact) mass is 442 g/mol. The molecule has 2 aromatic rings. The third-order valence-electron chi connectivity index (χ3n) is 10.1. The topological polar surface area (TPSA) is 49.9 Å². The van der Waals surface area contributed by atoms with Crippen molar-refractivity contribution in [2.75, 3.05) is 18.6 Å². The van der Waals surface area contributed by atoms with Crippen LogP contribution in [0.5, 0.6) is 0 Å². The van der Waals surface area contributed by atoms with E-state index in [2.05, 4.69) is 64.4 Å². The quantitative estimate of drug-likeness (QED) is 0.673. The number of hydrogen-bond donors (Lipinski definition) is 0. The smallest absolute Gasteiger partial charge is 0.311 e. The Morgan fingerprint density at radius 1 is 1.03 bits per heavy atom. The molecule has 3 aliphatic carbocycles. The Morgan fingerprint density at radius 3 is 2.64 bits per heavy atom. The van der Waals surface area contributed by atoms with Crippen LogP contribution in [0.2, 0.25) is 0 Å². The van der Waals surface area contributed by atoms with Crippen molar-refractivity contribution in [1.29, 1.82) is 0 Å². The maximum absolute atomic E-state index is 13.5. The number of amides is 1. The standard InChI is InChI=1S/C28H30N2O3/c1-33-24(32)21-17-26-12-11-23(31)29-16-15-27(25(26)29)20-9-5-6-10-22(20)30(28(21,27)14-13-26)18-19-7-3-2-4-8-19/h2-10,21,25H,11-18H2,1H3/t21-,25-,26+,27+,28+/m0/s1. The highest BCUT2D eigenvalue weighted by Crippen LogP contribution is 2.76. The lowest BCUT2D eigenvalue weighted by Crippen LogP contribution is -2.79. The van der Waals surface area contributed by atoms with Crippen LogP contribution in [-0.2, 0) is 26.3 Å². The number of fused-ring (bicyclic) bond motifs is 3. The van der Waals surface area contributed by atoms with E-state index in [1.54, 1.807) is 0 Å². The van der Waals surface area contributed by atoms with Crippen molar-refractivity contribution < 1.29 is 14.3 Å². The number of anilines is 1. The van der Waals surface area contributed by atoms with Crippen LogP contribution in [0.15, 0.2) is 54.6 Å². The summed E-state index contributed by atoms with van der Waals surface area (Å²) in [5.74, 6) is 0.0451. The molecule has 0 unspecified atom stereocenters. The van der Waals surface area contributed by atoms with E-state index in [0.29, 0.717) is 12.3 Å². The van der Waals surface area contributed by atoms with E-state index in [4.69, 9.17) is 4.74 Å². The van der Waals surface area contributed by atoms with Gasteiger partial charge in [0.1, 0.15) is 0 Å². The number of carbonyl (C=O) groups is 2. The summed E-state index contributed by atoms with van der Waals surface area (Å²) >= 11 is 0. The van der Waals surface area contributed by atoms with Gasteiger partial charge in [-0.25, -0.2) is 0 Å². The number of para-hydroxylation sites is 1. The van der Waals surface area contributed by atoms with Gasteiger partial charge < -0.3 is 14.5 Å². The van der Waals surface area contributed by atoms with Gasteiger partial charge in [0, 0.05) is 36.7 Å². The number of methoxy groups -OCH3 is 1. The maximum Gasteiger partial charge on any atom is 0.311 e. The highest BCUT2D eigenvalue weighted by Gasteiger charge is 2.81. The number of esters is 1. The number of piperidine rings is 1. The normalized spacial score (nSPS) is 37.5. The lowest BCUT2D eigenvalue weighted by molar-refractivity contribution is -0.180. The van der Waals surface area contributed by atoms with Gasteiger partial charge in [0.2, 0.25) is 5.91 Å². The molecule has 33 heavy (non-hydrogen) atoms. The number of ether oxygens (including phenoxy) is 1. The summed E-state index contributed by atoms with van der Waals surface area (Å²) in [6, 6.07) is 19.6. The van der Waals surface area contributed by atoms with Gasteiger partial charge in [-0.2, -0.15) is 0 Å². The van der Waals surface area contributed by atoms with Gasteiger partial charge in [-0.15, -0.1) is 0 Å². The molecule has 2 bridgehead atoms. The van der Waals surface area contributed by atoms with E-state index in [1.165, 1.54) is 23.9 Å². The fourth-order valence-corrected chi connectivity index (χ4v) is 9.13. The molecule has 170 valence electrons. The van der Waals surface area contributed by atoms with Crippen molar-refractivity contribution in [3.8, 4) is 0 Å². The highest BCUT2D eigenvalue weighted by atomic mass is 16.5. The van der Waals surface area contributed by atoms with Crippen LogP contribution in [0.3, 0.4) is 0 Å². The Bertz CT molecular complexity index is 1160. The van der Waals surface area contributed by atoms with Crippen LogP contribution in [0, 0.1) is 11.3 Å². The first kappa shape index (κ1) is 19.6. The second kappa shape index (κ2) is 6.40. The molecule has 3 saturated carbocycles. The molecule has 5 atom stereocenters. The minimum absolute atomic E-state index is 0.0148. The van der Waals surface area contributed by atoms with Crippen molar-refractivity contribution in [2.45, 2.75) is 62.1 Å². The van der Waals surface area contributed by atoms with Crippen LogP contribution < -0.4 is 4.90 Å². The summed E-state index contributed by atoms with van der Waals surface area (Å²) in [6.07, 6.45) is 5.33. The van der Waals surface area contributed by atoms with Crippen molar-refractivity contribution in [3.05, 3.63) is 65.7 Å². The third kappa shape index (κ3) is 2.11. The predicted octanol–water partition coefficient (Wildman–Crippen LogP) is 4.05. The molecule has 0 aromatic heterocycles. The van der Waals surface area contributed by atoms with E-state index < -0.39 is 0 Å². The van der Waals surface area contributed by atoms with Gasteiger partial charge in [0.05, 0.1) is 18.6 Å². The average molecular weight is 443 g/mol. The zero-order chi connectivity index (χ0) is 22.4. The van der Waals surface area contributed by atoms with Crippen molar-refractivity contribution in [1.82, 2.24) is 4.90 Å². The van der Waals surface area contributed by atoms with E-state index >= 15 is 0 Å². The van der Waals surface area contributed by atoms with Crippen LogP contribution in [0.1, 0.15) is 49.7 Å². The molecule has 8 rings (SSSR count). The molecular formula is C28H30N2O3. The molecule has 2 saturated heterocycles. The predicted molar refractivity (Wildman–Crippen MR) is 125 cm³/mol. The summed E-state index contributed by atoms with van der Waals surface area (Å²) in [5, 5.41) is 0. The maximum atomic E-state index is 13.5. The highest BCUT2D eigenvalue weighted by molar-refractivity contribution is 5.85. The first-order valence-electron chi connectivity index (χ1n) is 12.4. The average Bonchev–Trinajstić information content (AvgIpc) is 3.39. The van der Waals surface area contributed by atoms with E-state index in [1.807, 2.05) is 0 Å². The van der Waals surface area contributed by atoms with Crippen LogP contribution in [0.4, 0.5) is 5.69 Å². The Morgan fingerprint density at radius 2 is 1.82 bits per heavy atom. The molecule has 6 aliphatic rings. The van der Waals surface area contributed by atoms with Gasteiger partial charge in [-0.1, -0.05) is 48.5 Å². The summed E-state index contributed by atoms with van der Waals surface area (Å²) in [5.41, 5.74) is 3.27. The SMILES string of the molecule is COC(=O)[C@@H]1C[C@@]23CCC(=O)N4CC[C@@]5(c6ccccc6N(Cc6ccccc6)[C@]15CC2)[C@@H]43. The van der Waals surface area contributed by atoms with Crippen LogP contribution >= 0.6 is 0 Å². The minimum Gasteiger partial charge on any atom is -0.469 e. The number of benzene rings is 2. The Kier molecular flexibility index (Phi) is 3.81. The number of rotatable bonds is 3. The van der Waals surface area contributed by atoms with Gasteiger partial charge in [-0.3, -0.25) is 9.59 Å². The van der Waals surface area contributed by atoms with Gasteiger partial charge in [0.25, 0.3) is 0 Å². The van der Waals surface area contributed by atoms with Crippen molar-refractivity contribution in [3.63, 3.8) is 0 Å². The molecular weight excluding hydrogens is 412 g/mol. The lowest BCUT2D eigenvalue weighted by atomic mass is 9.38. The Balaban J connectivity index is 1.51. The number of carbonyl (C=O) groups excluding carboxylic acids is 2. The van der Waals surface area contributed by atoms with Crippen LogP contribution in [-0.4, -0.2) is 42.0 Å². The zero-order valence-corrected chi connectivity index (χ0v) is 19.1. The van der Waals surface area contributed by atoms with Gasteiger partial charge in [-0.05, 0) is 54.7 Å². The lowest BCUT2D eigenvalue weighted by Gasteiger charge is -2.70. The molecule has 3 spiro atoms. The summed E-state index contributed by atoms with van der Waals surface area (Å²) < 4.78 is 5.50. The first-order chi connectivity index (χ1) is 16.1. The summed E-state index contributed by atoms with van der Waals surface area (Å²) in [6.45, 7) is 1.56. The molecule has 2 aromatic carbocycles. The van der Waals surface area contributed by atoms with Crippen LogP contribution in [0.25, 0.3) is 0 Å². The van der Waals surface area contributed by atoms with E-state index in [0.717, 1.165) is 45.2 Å². The molecule has 0 radical (unpaired) electrons. The van der Waals surface area contributed by atoms with E-state index in [-0.39, 0.29) is 34.3 Å². The van der Waals surface area contributed by atoms with Crippen molar-refractivity contribution in [2.24, 2.45) is 11.3 Å². The van der Waals surface area contributed by atoms with Gasteiger partial charge >= 0.3 is 5.97 Å². The molecule has 3 aliphatic heterocycles. The number of hydrogen-bond acceptors (Lipinski definition) is 4. The Labute approximate surface area is 194 Å². The fourth-order valence-electron chi connectivity index (χ4n) is 9.13. The first-order valence-corrected chi connectivity index (χ1v) is 12.4. The minimum atomic E-state index is -0.363. The molecule has 5 fully saturated rings. The van der Waals surface area contributed by atoms with E-state index in [9.17, 15) is 9.59 Å².